The second-order valence-electron chi connectivity index (χ2n) is 22.3. The topological polar surface area (TPSA) is 198 Å². The van der Waals surface area contributed by atoms with Gasteiger partial charge in [-0.25, -0.2) is 19.2 Å². The Balaban J connectivity index is 0.743. The molecular weight excluding hydrogens is 1160 g/mol. The van der Waals surface area contributed by atoms with Crippen LogP contribution < -0.4 is 0 Å². The second kappa shape index (κ2) is 30.0. The summed E-state index contributed by atoms with van der Waals surface area (Å²) in [5.74, 6) is -7.20. The highest BCUT2D eigenvalue weighted by Crippen LogP contribution is 2.29. The highest BCUT2D eigenvalue weighted by atomic mass is 16.6. The van der Waals surface area contributed by atoms with Crippen LogP contribution in [-0.2, 0) is 110 Å². The van der Waals surface area contributed by atoms with Crippen LogP contribution in [0.1, 0.15) is 65.2 Å². The second-order valence-corrected chi connectivity index (χ2v) is 22.3. The molecular formula is C76H64N2O14. The molecule has 0 saturated heterocycles. The van der Waals surface area contributed by atoms with E-state index in [1.165, 1.54) is 9.80 Å². The number of benzene rings is 9. The molecule has 4 atom stereocenters. The SMILES string of the molecule is O=C(C(=O)N1Cc2ccccc2C[C@H]1C(=O)O[C@@H](COCc1ccccc1)C(=O)OCc1ccc(COC(=O)[C@H](COCc2ccccc2)OC(=O)[C@@H]2Cc3ccccc3CN2C(=O)C(=O)c2ccc(-c3ccccc3)cc2)cc1)c1ccc(-c2ccccc2)cc1. The van der Waals surface area contributed by atoms with Crippen molar-refractivity contribution in [1.82, 2.24) is 9.80 Å². The van der Waals surface area contributed by atoms with Crippen LogP contribution in [0.2, 0.25) is 0 Å². The van der Waals surface area contributed by atoms with Gasteiger partial charge in [0.15, 0.2) is 0 Å². The molecule has 2 aliphatic rings. The maximum absolute atomic E-state index is 14.4. The number of hydrogen-bond acceptors (Lipinski definition) is 14. The van der Waals surface area contributed by atoms with Crippen molar-refractivity contribution in [2.75, 3.05) is 13.2 Å². The first-order valence-corrected chi connectivity index (χ1v) is 30.1. The molecule has 0 bridgehead atoms. The molecule has 9 aromatic carbocycles. The fourth-order valence-corrected chi connectivity index (χ4v) is 11.0. The molecule has 462 valence electrons. The predicted molar refractivity (Wildman–Crippen MR) is 339 cm³/mol. The number of Topliss-reactive ketones (excluding diaryl/α,β-unsaturated/α-hetero) is 2. The van der Waals surface area contributed by atoms with Crippen LogP contribution in [0.15, 0.2) is 243 Å². The predicted octanol–water partition coefficient (Wildman–Crippen LogP) is 11.0. The van der Waals surface area contributed by atoms with Gasteiger partial charge in [0.1, 0.15) is 25.3 Å². The molecule has 0 fully saturated rings. The molecule has 0 spiro atoms. The van der Waals surface area contributed by atoms with Crippen LogP contribution in [0.25, 0.3) is 22.3 Å². The fraction of sp³-hybridized carbons (Fsp3) is 0.184. The Morgan fingerprint density at radius 3 is 1.00 bits per heavy atom. The van der Waals surface area contributed by atoms with E-state index < -0.39 is 84.8 Å². The lowest BCUT2D eigenvalue weighted by Gasteiger charge is -2.35. The van der Waals surface area contributed by atoms with E-state index >= 15 is 0 Å². The average Bonchev–Trinajstić information content (AvgIpc) is 0.822. The van der Waals surface area contributed by atoms with Crippen molar-refractivity contribution in [2.24, 2.45) is 0 Å². The van der Waals surface area contributed by atoms with Crippen molar-refractivity contribution in [3.8, 4) is 22.3 Å². The van der Waals surface area contributed by atoms with Crippen molar-refractivity contribution < 1.29 is 66.8 Å². The van der Waals surface area contributed by atoms with Crippen molar-refractivity contribution in [3.05, 3.63) is 298 Å². The molecule has 16 nitrogen and oxygen atoms in total. The summed E-state index contributed by atoms with van der Waals surface area (Å²) in [6, 6.07) is 69.4. The van der Waals surface area contributed by atoms with Crippen LogP contribution in [0.4, 0.5) is 0 Å². The molecule has 16 heteroatoms. The van der Waals surface area contributed by atoms with Gasteiger partial charge >= 0.3 is 23.9 Å². The minimum Gasteiger partial charge on any atom is -0.458 e. The number of rotatable bonds is 24. The third-order valence-corrected chi connectivity index (χ3v) is 16.0. The maximum Gasteiger partial charge on any atom is 0.350 e. The lowest BCUT2D eigenvalue weighted by molar-refractivity contribution is -0.177. The number of amides is 2. The summed E-state index contributed by atoms with van der Waals surface area (Å²) in [5, 5.41) is 0. The Bertz CT molecular complexity index is 3810. The van der Waals surface area contributed by atoms with Gasteiger partial charge in [0.2, 0.25) is 23.8 Å². The number of fused-ring (bicyclic) bond motifs is 2. The minimum absolute atomic E-state index is 0.00982. The summed E-state index contributed by atoms with van der Waals surface area (Å²) in [7, 11) is 0. The summed E-state index contributed by atoms with van der Waals surface area (Å²) in [4.78, 5) is 116. The Hall–Kier alpha value is -10.9. The molecule has 0 radical (unpaired) electrons. The van der Waals surface area contributed by atoms with Gasteiger partial charge in [-0.05, 0) is 66.8 Å². The largest absolute Gasteiger partial charge is 0.458 e. The zero-order chi connectivity index (χ0) is 63.8. The van der Waals surface area contributed by atoms with E-state index in [9.17, 15) is 38.4 Å². The summed E-state index contributed by atoms with van der Waals surface area (Å²) in [6.07, 6.45) is -3.17. The summed E-state index contributed by atoms with van der Waals surface area (Å²) < 4.78 is 35.2. The van der Waals surface area contributed by atoms with Crippen molar-refractivity contribution in [2.45, 2.75) is 76.7 Å². The lowest BCUT2D eigenvalue weighted by Crippen LogP contribution is -2.52. The number of carbonyl (C=O) groups excluding carboxylic acids is 8. The number of ether oxygens (including phenoxy) is 6. The molecule has 11 rings (SSSR count). The van der Waals surface area contributed by atoms with Crippen molar-refractivity contribution in [3.63, 3.8) is 0 Å². The van der Waals surface area contributed by atoms with E-state index in [1.807, 2.05) is 170 Å². The zero-order valence-corrected chi connectivity index (χ0v) is 50.1. The van der Waals surface area contributed by atoms with E-state index in [1.54, 1.807) is 72.8 Å². The molecule has 0 unspecified atom stereocenters. The number of carbonyl (C=O) groups is 8. The quantitative estimate of drug-likeness (QED) is 0.0239. The minimum atomic E-state index is -1.59. The normalized spacial score (nSPS) is 14.7. The summed E-state index contributed by atoms with van der Waals surface area (Å²) >= 11 is 0. The molecule has 0 aliphatic carbocycles. The molecule has 9 aromatic rings. The first-order chi connectivity index (χ1) is 44.9. The van der Waals surface area contributed by atoms with Crippen molar-refractivity contribution >= 4 is 47.3 Å². The Morgan fingerprint density at radius 2 is 0.641 bits per heavy atom. The van der Waals surface area contributed by atoms with Gasteiger partial charge in [0, 0.05) is 37.1 Å². The maximum atomic E-state index is 14.4. The first-order valence-electron chi connectivity index (χ1n) is 30.1. The third-order valence-electron chi connectivity index (χ3n) is 16.0. The van der Waals surface area contributed by atoms with Gasteiger partial charge in [-0.1, -0.05) is 243 Å². The Kier molecular flexibility index (Phi) is 20.5. The Labute approximate surface area is 531 Å². The lowest BCUT2D eigenvalue weighted by atomic mass is 9.93. The van der Waals surface area contributed by atoms with E-state index in [0.29, 0.717) is 11.1 Å². The first kappa shape index (κ1) is 62.7. The molecule has 2 amide bonds. The van der Waals surface area contributed by atoms with Gasteiger partial charge < -0.3 is 38.2 Å². The van der Waals surface area contributed by atoms with Gasteiger partial charge in [-0.2, -0.15) is 0 Å². The van der Waals surface area contributed by atoms with Crippen LogP contribution in [0.5, 0.6) is 0 Å². The van der Waals surface area contributed by atoms with E-state index in [0.717, 1.165) is 55.6 Å². The fourth-order valence-electron chi connectivity index (χ4n) is 11.0. The van der Waals surface area contributed by atoms with E-state index in [4.69, 9.17) is 28.4 Å². The number of ketones is 2. The highest BCUT2D eigenvalue weighted by molar-refractivity contribution is 6.43. The summed E-state index contributed by atoms with van der Waals surface area (Å²) in [6.45, 7) is -1.36. The molecule has 92 heavy (non-hydrogen) atoms. The van der Waals surface area contributed by atoms with E-state index in [-0.39, 0.29) is 63.5 Å². The molecule has 0 N–H and O–H groups in total. The van der Waals surface area contributed by atoms with Crippen molar-refractivity contribution in [1.29, 1.82) is 0 Å². The molecule has 0 aromatic heterocycles. The van der Waals surface area contributed by atoms with Gasteiger partial charge in [-0.3, -0.25) is 19.2 Å². The smallest absolute Gasteiger partial charge is 0.350 e. The Morgan fingerprint density at radius 1 is 0.337 bits per heavy atom. The molecule has 2 heterocycles. The standard InChI is InChI=1S/C76H64N2O14/c79-69(59-37-33-57(34-38-59)55-21-9-3-10-22-55)71(81)77-43-63-27-15-13-25-61(63)41-65(77)73(83)91-67(49-87-45-51-17-5-1-6-18-51)75(85)89-47-53-29-31-54(32-30-53)48-90-76(86)68(50-88-46-52-19-7-2-8-20-52)92-74(84)66-42-62-26-14-16-28-64(62)44-78(66)72(82)70(80)60-39-35-58(36-40-60)56-23-11-4-12-24-56/h1-40,65-68H,41-50H2/t65-,66-,67-,68-/m0/s1. The van der Waals surface area contributed by atoms with Crippen LogP contribution >= 0.6 is 0 Å². The van der Waals surface area contributed by atoms with Crippen LogP contribution in [0, 0.1) is 0 Å². The third kappa shape index (κ3) is 15.7. The van der Waals surface area contributed by atoms with Gasteiger partial charge in [0.05, 0.1) is 26.4 Å². The van der Waals surface area contributed by atoms with Gasteiger partial charge in [-0.15, -0.1) is 0 Å². The van der Waals surface area contributed by atoms with E-state index in [2.05, 4.69) is 0 Å². The van der Waals surface area contributed by atoms with Crippen LogP contribution in [-0.4, -0.2) is 94.6 Å². The summed E-state index contributed by atoms with van der Waals surface area (Å²) in [5.41, 5.74) is 9.51. The molecule has 2 aliphatic heterocycles. The molecule has 0 saturated carbocycles. The highest BCUT2D eigenvalue weighted by Gasteiger charge is 2.42. The van der Waals surface area contributed by atoms with Gasteiger partial charge in [0.25, 0.3) is 11.8 Å². The number of hydrogen-bond donors (Lipinski definition) is 0. The number of nitrogens with zero attached hydrogens (tertiary/aromatic N) is 2. The zero-order valence-electron chi connectivity index (χ0n) is 50.1. The average molecular weight is 1230 g/mol. The van der Waals surface area contributed by atoms with Crippen LogP contribution in [0.3, 0.4) is 0 Å². The number of esters is 4. The monoisotopic (exact) mass is 1230 g/mol.